The van der Waals surface area contributed by atoms with E-state index in [2.05, 4.69) is 5.32 Å². The second-order valence-corrected chi connectivity index (χ2v) is 10.2. The topological polar surface area (TPSA) is 107 Å². The number of carboxylic acids is 1. The lowest BCUT2D eigenvalue weighted by Crippen LogP contribution is -2.52. The molecule has 1 saturated carbocycles. The van der Waals surface area contributed by atoms with Gasteiger partial charge < -0.3 is 15.3 Å². The minimum atomic E-state index is -5.08. The molecular weight excluding hydrogens is 475 g/mol. The van der Waals surface area contributed by atoms with E-state index in [0.29, 0.717) is 18.0 Å². The van der Waals surface area contributed by atoms with Gasteiger partial charge in [0.15, 0.2) is 0 Å². The molecule has 3 rings (SSSR count). The predicted octanol–water partition coefficient (Wildman–Crippen LogP) is 2.64. The van der Waals surface area contributed by atoms with E-state index in [-0.39, 0.29) is 18.5 Å². The smallest absolute Gasteiger partial charge is 0.475 e. The lowest BCUT2D eigenvalue weighted by molar-refractivity contribution is -0.192. The number of hydrogen-bond acceptors (Lipinski definition) is 5. The van der Waals surface area contributed by atoms with Crippen LogP contribution in [0.4, 0.5) is 13.2 Å². The highest BCUT2D eigenvalue weighted by Gasteiger charge is 2.38. The third-order valence-electron chi connectivity index (χ3n) is 5.92. The molecule has 8 nitrogen and oxygen atoms in total. The van der Waals surface area contributed by atoms with Gasteiger partial charge in [-0.05, 0) is 37.0 Å². The summed E-state index contributed by atoms with van der Waals surface area (Å²) >= 11 is 0. The van der Waals surface area contributed by atoms with Crippen LogP contribution >= 0.6 is 0 Å². The quantitative estimate of drug-likeness (QED) is 0.613. The molecule has 1 aliphatic carbocycles. The molecule has 1 amide bonds. The summed E-state index contributed by atoms with van der Waals surface area (Å²) < 4.78 is 60.0. The van der Waals surface area contributed by atoms with Crippen molar-refractivity contribution in [1.82, 2.24) is 14.5 Å². The van der Waals surface area contributed by atoms with Gasteiger partial charge in [-0.3, -0.25) is 4.79 Å². The number of aliphatic carboxylic acids is 1. The molecule has 1 aliphatic heterocycles. The molecule has 1 heterocycles. The number of nitrogens with zero attached hydrogens (tertiary/aromatic N) is 2. The number of nitrogens with one attached hydrogen (secondary N) is 1. The fourth-order valence-electron chi connectivity index (χ4n) is 3.96. The van der Waals surface area contributed by atoms with Gasteiger partial charge >= 0.3 is 12.1 Å². The van der Waals surface area contributed by atoms with Crippen molar-refractivity contribution in [1.29, 1.82) is 0 Å². The molecule has 0 aromatic heterocycles. The first kappa shape index (κ1) is 28.1. The number of amides is 1. The third kappa shape index (κ3) is 7.95. The monoisotopic (exact) mass is 507 g/mol. The average Bonchev–Trinajstić information content (AvgIpc) is 2.83. The van der Waals surface area contributed by atoms with Gasteiger partial charge in [0.05, 0.1) is 11.4 Å². The number of halogens is 3. The molecule has 2 N–H and O–H groups in total. The zero-order valence-corrected chi connectivity index (χ0v) is 20.0. The lowest BCUT2D eigenvalue weighted by atomic mass is 9.95. The highest BCUT2D eigenvalue weighted by molar-refractivity contribution is 7.89. The van der Waals surface area contributed by atoms with Crippen LogP contribution in [0, 0.1) is 0 Å². The third-order valence-corrected chi connectivity index (χ3v) is 7.84. The summed E-state index contributed by atoms with van der Waals surface area (Å²) in [6, 6.07) is 7.01. The Labute approximate surface area is 198 Å². The molecule has 2 fully saturated rings. The molecule has 192 valence electrons. The summed E-state index contributed by atoms with van der Waals surface area (Å²) in [7, 11) is -3.69. The molecule has 0 bridgehead atoms. The number of carbonyl (C=O) groups excluding carboxylic acids is 1. The molecule has 12 heteroatoms. The molecule has 0 radical (unpaired) electrons. The Bertz CT molecular complexity index is 911. The highest BCUT2D eigenvalue weighted by Crippen LogP contribution is 2.28. The summed E-state index contributed by atoms with van der Waals surface area (Å²) in [6.07, 6.45) is 0.637. The van der Waals surface area contributed by atoms with E-state index in [1.165, 1.54) is 4.31 Å². The van der Waals surface area contributed by atoms with Gasteiger partial charge in [-0.25, -0.2) is 13.2 Å². The van der Waals surface area contributed by atoms with Crippen molar-refractivity contribution in [2.24, 2.45) is 0 Å². The molecule has 2 aliphatic rings. The van der Waals surface area contributed by atoms with Crippen molar-refractivity contribution < 1.29 is 36.3 Å². The molecule has 0 atom stereocenters. The molecular formula is C22H32F3N3O5S. The van der Waals surface area contributed by atoms with Crippen molar-refractivity contribution >= 4 is 21.9 Å². The number of carboxylic acid groups (broad SMARTS) is 1. The van der Waals surface area contributed by atoms with Gasteiger partial charge in [0, 0.05) is 32.2 Å². The summed E-state index contributed by atoms with van der Waals surface area (Å²) in [5.41, 5.74) is 1.11. The predicted molar refractivity (Wildman–Crippen MR) is 120 cm³/mol. The van der Waals surface area contributed by atoms with Crippen LogP contribution in [0.3, 0.4) is 0 Å². The average molecular weight is 508 g/mol. The molecule has 34 heavy (non-hydrogen) atoms. The second-order valence-electron chi connectivity index (χ2n) is 8.27. The van der Waals surface area contributed by atoms with E-state index in [0.717, 1.165) is 57.2 Å². The maximum atomic E-state index is 13.4. The van der Waals surface area contributed by atoms with Crippen molar-refractivity contribution in [3.05, 3.63) is 29.8 Å². The zero-order valence-electron chi connectivity index (χ0n) is 19.2. The Morgan fingerprint density at radius 3 is 2.09 bits per heavy atom. The number of alkyl halides is 3. The second kappa shape index (κ2) is 12.5. The first-order valence-corrected chi connectivity index (χ1v) is 12.8. The van der Waals surface area contributed by atoms with Gasteiger partial charge in [-0.1, -0.05) is 38.3 Å². The van der Waals surface area contributed by atoms with Crippen LogP contribution in [-0.4, -0.2) is 79.5 Å². The van der Waals surface area contributed by atoms with Crippen LogP contribution < -0.4 is 5.32 Å². The van der Waals surface area contributed by atoms with Gasteiger partial charge in [0.1, 0.15) is 0 Å². The Balaban J connectivity index is 0.000000509. The highest BCUT2D eigenvalue weighted by atomic mass is 32.2. The van der Waals surface area contributed by atoms with Gasteiger partial charge in [-0.15, -0.1) is 0 Å². The molecule has 0 spiro atoms. The van der Waals surface area contributed by atoms with Crippen LogP contribution in [0.5, 0.6) is 0 Å². The number of rotatable bonds is 6. The summed E-state index contributed by atoms with van der Waals surface area (Å²) in [4.78, 5) is 23.8. The number of carbonyl (C=O) groups is 2. The van der Waals surface area contributed by atoms with Crippen LogP contribution in [0.2, 0.25) is 0 Å². The van der Waals surface area contributed by atoms with E-state index >= 15 is 0 Å². The maximum absolute atomic E-state index is 13.4. The SMILES string of the molecule is CCc1ccc(S(=O)(=O)N(CC(=O)N2CCNCC2)C2CCCCC2)cc1.O=C(O)C(F)(F)F. The summed E-state index contributed by atoms with van der Waals surface area (Å²) in [5, 5.41) is 10.4. The number of benzene rings is 1. The Morgan fingerprint density at radius 1 is 1.09 bits per heavy atom. The lowest BCUT2D eigenvalue weighted by Gasteiger charge is -2.35. The minimum Gasteiger partial charge on any atom is -0.475 e. The first-order valence-electron chi connectivity index (χ1n) is 11.4. The number of sulfonamides is 1. The van der Waals surface area contributed by atoms with Gasteiger partial charge in [0.25, 0.3) is 0 Å². The fraction of sp³-hybridized carbons (Fsp3) is 0.636. The first-order chi connectivity index (χ1) is 16.0. The van der Waals surface area contributed by atoms with Crippen molar-refractivity contribution in [2.45, 2.75) is 62.6 Å². The van der Waals surface area contributed by atoms with E-state index in [9.17, 15) is 26.4 Å². The number of aryl methyl sites for hydroxylation is 1. The van der Waals surface area contributed by atoms with Crippen LogP contribution in [0.1, 0.15) is 44.6 Å². The van der Waals surface area contributed by atoms with Crippen LogP contribution in [-0.2, 0) is 26.0 Å². The van der Waals surface area contributed by atoms with Crippen molar-refractivity contribution in [3.63, 3.8) is 0 Å². The van der Waals surface area contributed by atoms with Gasteiger partial charge in [-0.2, -0.15) is 17.5 Å². The summed E-state index contributed by atoms with van der Waals surface area (Å²) in [6.45, 7) is 4.80. The van der Waals surface area contributed by atoms with Crippen molar-refractivity contribution in [2.75, 3.05) is 32.7 Å². The molecule has 0 unspecified atom stereocenters. The Morgan fingerprint density at radius 2 is 1.62 bits per heavy atom. The van der Waals surface area contributed by atoms with Crippen LogP contribution in [0.15, 0.2) is 29.2 Å². The zero-order chi connectivity index (χ0) is 25.4. The normalized spacial score (nSPS) is 17.7. The largest absolute Gasteiger partial charge is 0.490 e. The summed E-state index contributed by atoms with van der Waals surface area (Å²) in [5.74, 6) is -2.84. The molecule has 1 saturated heterocycles. The Hall–Kier alpha value is -2.18. The van der Waals surface area contributed by atoms with E-state index in [4.69, 9.17) is 9.90 Å². The number of piperazine rings is 1. The molecule has 1 aromatic rings. The van der Waals surface area contributed by atoms with Gasteiger partial charge in [0.2, 0.25) is 15.9 Å². The Kier molecular flexibility index (Phi) is 10.3. The standard InChI is InChI=1S/C20H31N3O3S.C2HF3O2/c1-2-17-8-10-19(11-9-17)27(25,26)23(18-6-4-3-5-7-18)16-20(24)22-14-12-21-13-15-22;3-2(4,5)1(6)7/h8-11,18,21H,2-7,12-16H2,1H3;(H,6,7). The maximum Gasteiger partial charge on any atom is 0.490 e. The molecule has 1 aromatic carbocycles. The van der Waals surface area contributed by atoms with Crippen molar-refractivity contribution in [3.8, 4) is 0 Å². The number of hydrogen-bond donors (Lipinski definition) is 2. The van der Waals surface area contributed by atoms with E-state index < -0.39 is 22.2 Å². The fourth-order valence-corrected chi connectivity index (χ4v) is 5.59. The minimum absolute atomic E-state index is 0.0530. The van der Waals surface area contributed by atoms with E-state index in [1.54, 1.807) is 17.0 Å². The van der Waals surface area contributed by atoms with E-state index in [1.807, 2.05) is 19.1 Å². The van der Waals surface area contributed by atoms with Crippen LogP contribution in [0.25, 0.3) is 0 Å².